The maximum absolute atomic E-state index is 11.8. The Kier molecular flexibility index (Phi) is 2.41. The summed E-state index contributed by atoms with van der Waals surface area (Å²) >= 11 is 0. The highest BCUT2D eigenvalue weighted by molar-refractivity contribution is 5.79. The number of hydrogen-bond donors (Lipinski definition) is 1. The molecule has 1 aromatic heterocycles. The topological polar surface area (TPSA) is 47.0 Å². The molecule has 1 N–H and O–H groups in total. The van der Waals surface area contributed by atoms with Gasteiger partial charge >= 0.3 is 0 Å². The molecule has 0 aliphatic carbocycles. The number of para-hydroxylation sites is 1. The van der Waals surface area contributed by atoms with Crippen molar-refractivity contribution in [3.63, 3.8) is 0 Å². The molecule has 18 heavy (non-hydrogen) atoms. The highest BCUT2D eigenvalue weighted by Gasteiger charge is 2.06. The van der Waals surface area contributed by atoms with E-state index < -0.39 is 0 Å². The number of ether oxygens (including phenoxy) is 1. The first kappa shape index (κ1) is 10.7. The molecular formula is C14H12N2O2. The minimum atomic E-state index is -0.0820. The van der Waals surface area contributed by atoms with E-state index in [0.29, 0.717) is 5.39 Å². The van der Waals surface area contributed by atoms with Crippen LogP contribution in [0.2, 0.25) is 0 Å². The molecule has 1 heterocycles. The van der Waals surface area contributed by atoms with Crippen molar-refractivity contribution >= 4 is 10.9 Å². The standard InChI is InChI=1S/C14H12N2O2/c1-18-11-8-6-10(7-9-11)16-13-5-3-2-4-12(13)14(17)15-16/h2-9H,1H3,(H,15,17). The highest BCUT2D eigenvalue weighted by atomic mass is 16.5. The monoisotopic (exact) mass is 240 g/mol. The van der Waals surface area contributed by atoms with Gasteiger partial charge in [-0.1, -0.05) is 12.1 Å². The van der Waals surface area contributed by atoms with E-state index in [4.69, 9.17) is 4.74 Å². The number of methoxy groups -OCH3 is 1. The highest BCUT2D eigenvalue weighted by Crippen LogP contribution is 2.18. The van der Waals surface area contributed by atoms with E-state index in [1.54, 1.807) is 11.8 Å². The van der Waals surface area contributed by atoms with Crippen molar-refractivity contribution in [1.82, 2.24) is 9.78 Å². The summed E-state index contributed by atoms with van der Waals surface area (Å²) in [5.74, 6) is 0.789. The summed E-state index contributed by atoms with van der Waals surface area (Å²) in [4.78, 5) is 11.8. The van der Waals surface area contributed by atoms with Crippen LogP contribution in [0.15, 0.2) is 53.3 Å². The molecule has 3 rings (SSSR count). The summed E-state index contributed by atoms with van der Waals surface area (Å²) < 4.78 is 6.89. The van der Waals surface area contributed by atoms with Crippen LogP contribution in [-0.2, 0) is 0 Å². The Morgan fingerprint density at radius 2 is 1.78 bits per heavy atom. The molecule has 0 saturated heterocycles. The first-order valence-electron chi connectivity index (χ1n) is 5.64. The first-order chi connectivity index (χ1) is 8.79. The second-order valence-electron chi connectivity index (χ2n) is 3.99. The molecule has 0 bridgehead atoms. The average molecular weight is 240 g/mol. The summed E-state index contributed by atoms with van der Waals surface area (Å²) in [6.45, 7) is 0. The zero-order chi connectivity index (χ0) is 12.5. The molecule has 2 aromatic carbocycles. The van der Waals surface area contributed by atoms with E-state index in [1.165, 1.54) is 0 Å². The van der Waals surface area contributed by atoms with Gasteiger partial charge < -0.3 is 4.74 Å². The molecular weight excluding hydrogens is 228 g/mol. The van der Waals surface area contributed by atoms with Gasteiger partial charge in [0.15, 0.2) is 0 Å². The molecule has 0 amide bonds. The number of benzene rings is 2. The predicted molar refractivity (Wildman–Crippen MR) is 70.4 cm³/mol. The maximum Gasteiger partial charge on any atom is 0.272 e. The maximum atomic E-state index is 11.8. The third-order valence-electron chi connectivity index (χ3n) is 2.93. The second-order valence-corrected chi connectivity index (χ2v) is 3.99. The minimum Gasteiger partial charge on any atom is -0.497 e. The Labute approximate surface area is 103 Å². The van der Waals surface area contributed by atoms with E-state index in [9.17, 15) is 4.79 Å². The number of aromatic nitrogens is 2. The van der Waals surface area contributed by atoms with Gasteiger partial charge in [-0.3, -0.25) is 14.6 Å². The fourth-order valence-corrected chi connectivity index (χ4v) is 2.02. The number of rotatable bonds is 2. The summed E-state index contributed by atoms with van der Waals surface area (Å²) in [6.07, 6.45) is 0. The Balaban J connectivity index is 2.22. The molecule has 4 heteroatoms. The summed E-state index contributed by atoms with van der Waals surface area (Å²) in [6, 6.07) is 15.0. The number of H-pyrrole nitrogens is 1. The van der Waals surface area contributed by atoms with Crippen LogP contribution < -0.4 is 10.3 Å². The van der Waals surface area contributed by atoms with E-state index in [2.05, 4.69) is 5.10 Å². The normalized spacial score (nSPS) is 10.7. The van der Waals surface area contributed by atoms with Crippen molar-refractivity contribution in [3.8, 4) is 11.4 Å². The van der Waals surface area contributed by atoms with Crippen molar-refractivity contribution in [3.05, 3.63) is 58.9 Å². The quantitative estimate of drug-likeness (QED) is 0.747. The molecule has 0 saturated carbocycles. The number of hydrogen-bond acceptors (Lipinski definition) is 2. The lowest BCUT2D eigenvalue weighted by atomic mass is 10.2. The molecule has 0 atom stereocenters. The molecule has 0 unspecified atom stereocenters. The fraction of sp³-hybridized carbons (Fsp3) is 0.0714. The molecule has 90 valence electrons. The molecule has 0 radical (unpaired) electrons. The molecule has 0 aliphatic rings. The lowest BCUT2D eigenvalue weighted by molar-refractivity contribution is 0.414. The van der Waals surface area contributed by atoms with E-state index >= 15 is 0 Å². The minimum absolute atomic E-state index is 0.0820. The van der Waals surface area contributed by atoms with E-state index in [0.717, 1.165) is 17.0 Å². The van der Waals surface area contributed by atoms with Crippen LogP contribution in [0.4, 0.5) is 0 Å². The van der Waals surface area contributed by atoms with E-state index in [1.807, 2.05) is 48.5 Å². The third-order valence-corrected chi connectivity index (χ3v) is 2.93. The molecule has 4 nitrogen and oxygen atoms in total. The number of fused-ring (bicyclic) bond motifs is 1. The largest absolute Gasteiger partial charge is 0.497 e. The van der Waals surface area contributed by atoms with Crippen LogP contribution in [0.5, 0.6) is 5.75 Å². The van der Waals surface area contributed by atoms with Crippen molar-refractivity contribution < 1.29 is 4.74 Å². The van der Waals surface area contributed by atoms with Gasteiger partial charge in [0.25, 0.3) is 5.56 Å². The third kappa shape index (κ3) is 1.59. The second kappa shape index (κ2) is 4.07. The van der Waals surface area contributed by atoms with Gasteiger partial charge in [-0.2, -0.15) is 0 Å². The zero-order valence-corrected chi connectivity index (χ0v) is 9.88. The van der Waals surface area contributed by atoms with Crippen molar-refractivity contribution in [1.29, 1.82) is 0 Å². The van der Waals surface area contributed by atoms with Crippen LogP contribution >= 0.6 is 0 Å². The van der Waals surface area contributed by atoms with Crippen LogP contribution in [-0.4, -0.2) is 16.9 Å². The Morgan fingerprint density at radius 3 is 2.50 bits per heavy atom. The van der Waals surface area contributed by atoms with Crippen molar-refractivity contribution in [2.75, 3.05) is 7.11 Å². The Bertz CT molecular complexity index is 738. The van der Waals surface area contributed by atoms with Gasteiger partial charge in [0, 0.05) is 0 Å². The zero-order valence-electron chi connectivity index (χ0n) is 9.88. The van der Waals surface area contributed by atoms with Crippen LogP contribution in [0, 0.1) is 0 Å². The van der Waals surface area contributed by atoms with Gasteiger partial charge in [-0.05, 0) is 36.4 Å². The predicted octanol–water partition coefficient (Wildman–Crippen LogP) is 2.33. The van der Waals surface area contributed by atoms with Crippen LogP contribution in [0.25, 0.3) is 16.6 Å². The Hall–Kier alpha value is -2.49. The van der Waals surface area contributed by atoms with Crippen molar-refractivity contribution in [2.45, 2.75) is 0 Å². The molecule has 3 aromatic rings. The number of nitrogens with zero attached hydrogens (tertiary/aromatic N) is 1. The molecule has 0 fully saturated rings. The smallest absolute Gasteiger partial charge is 0.272 e. The van der Waals surface area contributed by atoms with Crippen molar-refractivity contribution in [2.24, 2.45) is 0 Å². The van der Waals surface area contributed by atoms with Gasteiger partial charge in [0.2, 0.25) is 0 Å². The Morgan fingerprint density at radius 1 is 1.06 bits per heavy atom. The fourth-order valence-electron chi connectivity index (χ4n) is 2.02. The number of aromatic amines is 1. The molecule has 0 spiro atoms. The summed E-state index contributed by atoms with van der Waals surface area (Å²) in [5, 5.41) is 3.51. The SMILES string of the molecule is COc1ccc(-n2[nH]c(=O)c3ccccc32)cc1. The summed E-state index contributed by atoms with van der Waals surface area (Å²) in [5.41, 5.74) is 1.68. The summed E-state index contributed by atoms with van der Waals surface area (Å²) in [7, 11) is 1.63. The lowest BCUT2D eigenvalue weighted by Crippen LogP contribution is -2.03. The van der Waals surface area contributed by atoms with Crippen LogP contribution in [0.1, 0.15) is 0 Å². The van der Waals surface area contributed by atoms with Gasteiger partial charge in [0.05, 0.1) is 23.7 Å². The number of nitrogens with one attached hydrogen (secondary N) is 1. The van der Waals surface area contributed by atoms with Gasteiger partial charge in [-0.25, -0.2) is 0 Å². The van der Waals surface area contributed by atoms with E-state index in [-0.39, 0.29) is 5.56 Å². The lowest BCUT2D eigenvalue weighted by Gasteiger charge is -2.05. The molecule has 0 aliphatic heterocycles. The van der Waals surface area contributed by atoms with Crippen LogP contribution in [0.3, 0.4) is 0 Å². The van der Waals surface area contributed by atoms with Gasteiger partial charge in [-0.15, -0.1) is 0 Å². The average Bonchev–Trinajstić information content (AvgIpc) is 2.77. The van der Waals surface area contributed by atoms with Gasteiger partial charge in [0.1, 0.15) is 5.75 Å². The first-order valence-corrected chi connectivity index (χ1v) is 5.64.